The number of ether oxygens (including phenoxy) is 2. The molecule has 0 aliphatic carbocycles. The van der Waals surface area contributed by atoms with Crippen LogP contribution in [-0.4, -0.2) is 36.4 Å². The first kappa shape index (κ1) is 58.4. The Morgan fingerprint density at radius 3 is 0.983 bits per heavy atom. The molecule has 5 heteroatoms. The zero-order valence-corrected chi connectivity index (χ0v) is 40.5. The Hall–Kier alpha value is -1.62. The lowest BCUT2D eigenvalue weighted by Crippen LogP contribution is -2.28. The second kappa shape index (κ2) is 51.7. The van der Waals surface area contributed by atoms with Crippen LogP contribution in [0, 0.1) is 0 Å². The molecule has 0 spiro atoms. The van der Waals surface area contributed by atoms with Crippen LogP contribution in [0.3, 0.4) is 0 Å². The number of aliphatic hydroxyl groups is 1. The summed E-state index contributed by atoms with van der Waals surface area (Å²) in [5.41, 5.74) is 0. The molecule has 0 amide bonds. The van der Waals surface area contributed by atoms with Crippen molar-refractivity contribution in [3.8, 4) is 0 Å². The van der Waals surface area contributed by atoms with Gasteiger partial charge in [0.05, 0.1) is 6.61 Å². The quantitative estimate of drug-likeness (QED) is 0.0375. The van der Waals surface area contributed by atoms with Crippen LogP contribution in [0.1, 0.15) is 296 Å². The lowest BCUT2D eigenvalue weighted by atomic mass is 10.0. The largest absolute Gasteiger partial charge is 0.462 e. The average Bonchev–Trinajstić information content (AvgIpc) is 3.25. The van der Waals surface area contributed by atoms with Gasteiger partial charge in [0.15, 0.2) is 6.10 Å². The number of allylic oxidation sites excluding steroid dienone is 4. The Kier molecular flexibility index (Phi) is 50.3. The van der Waals surface area contributed by atoms with Crippen molar-refractivity contribution in [1.82, 2.24) is 0 Å². The predicted molar refractivity (Wildman–Crippen MR) is 261 cm³/mol. The normalized spacial score (nSPS) is 12.2. The smallest absolute Gasteiger partial charge is 0.306 e. The van der Waals surface area contributed by atoms with Crippen LogP contribution in [-0.2, 0) is 19.1 Å². The molecule has 1 atom stereocenters. The van der Waals surface area contributed by atoms with Crippen LogP contribution >= 0.6 is 0 Å². The molecule has 354 valence electrons. The Labute approximate surface area is 374 Å². The summed E-state index contributed by atoms with van der Waals surface area (Å²) in [5.74, 6) is -0.575. The number of carbonyl (C=O) groups is 2. The van der Waals surface area contributed by atoms with Crippen molar-refractivity contribution >= 4 is 11.9 Å². The lowest BCUT2D eigenvalue weighted by molar-refractivity contribution is -0.161. The van der Waals surface area contributed by atoms with E-state index >= 15 is 0 Å². The highest BCUT2D eigenvalue weighted by atomic mass is 16.6. The number of carbonyl (C=O) groups excluding carboxylic acids is 2. The SMILES string of the molecule is CCCCCCC/C=C\C/C=C\CCCCCCCCCCCCCC(=O)OC(CO)COC(=O)CCCCCCCCCCCCCCCCCCCCCCCCC. The summed E-state index contributed by atoms with van der Waals surface area (Å²) in [6, 6.07) is 0. The van der Waals surface area contributed by atoms with E-state index < -0.39 is 6.10 Å². The molecule has 0 saturated carbocycles. The van der Waals surface area contributed by atoms with E-state index in [-0.39, 0.29) is 25.2 Å². The first-order valence-electron chi connectivity index (χ1n) is 26.9. The van der Waals surface area contributed by atoms with Gasteiger partial charge in [0, 0.05) is 12.8 Å². The Morgan fingerprint density at radius 2 is 0.667 bits per heavy atom. The molecule has 1 N–H and O–H groups in total. The highest BCUT2D eigenvalue weighted by Crippen LogP contribution is 2.17. The van der Waals surface area contributed by atoms with Gasteiger partial charge in [0.2, 0.25) is 0 Å². The zero-order valence-electron chi connectivity index (χ0n) is 40.5. The molecule has 0 fully saturated rings. The lowest BCUT2D eigenvalue weighted by Gasteiger charge is -2.15. The number of rotatable bonds is 50. The molecule has 0 aromatic rings. The van der Waals surface area contributed by atoms with Crippen molar-refractivity contribution in [3.05, 3.63) is 24.3 Å². The predicted octanol–water partition coefficient (Wildman–Crippen LogP) is 17.8. The molecule has 0 aliphatic rings. The minimum Gasteiger partial charge on any atom is -0.462 e. The van der Waals surface area contributed by atoms with Gasteiger partial charge in [-0.25, -0.2) is 0 Å². The summed E-state index contributed by atoms with van der Waals surface area (Å²) in [7, 11) is 0. The third-order valence-electron chi connectivity index (χ3n) is 12.2. The monoisotopic (exact) mass is 845 g/mol. The maximum absolute atomic E-state index is 12.3. The van der Waals surface area contributed by atoms with E-state index in [0.29, 0.717) is 12.8 Å². The highest BCUT2D eigenvalue weighted by Gasteiger charge is 2.16. The van der Waals surface area contributed by atoms with Crippen LogP contribution in [0.25, 0.3) is 0 Å². The van der Waals surface area contributed by atoms with Gasteiger partial charge < -0.3 is 14.6 Å². The van der Waals surface area contributed by atoms with Crippen molar-refractivity contribution in [2.45, 2.75) is 302 Å². The molecule has 0 aliphatic heterocycles. The topological polar surface area (TPSA) is 72.8 Å². The Balaban J connectivity index is 3.45. The average molecular weight is 845 g/mol. The van der Waals surface area contributed by atoms with Gasteiger partial charge in [0.1, 0.15) is 6.61 Å². The molecule has 60 heavy (non-hydrogen) atoms. The van der Waals surface area contributed by atoms with Crippen LogP contribution in [0.5, 0.6) is 0 Å². The number of unbranched alkanes of at least 4 members (excludes halogenated alkanes) is 38. The third-order valence-corrected chi connectivity index (χ3v) is 12.2. The molecule has 0 heterocycles. The van der Waals surface area contributed by atoms with Crippen LogP contribution in [0.15, 0.2) is 24.3 Å². The summed E-state index contributed by atoms with van der Waals surface area (Å²) in [5, 5.41) is 9.64. The standard InChI is InChI=1S/C55H104O5/c1-3-5-7-9-11-13-15-17-19-21-23-25-27-29-31-33-35-37-39-41-43-45-47-49-54(57)59-52-53(51-56)60-55(58)50-48-46-44-42-40-38-36-34-32-30-28-26-24-22-20-18-16-14-12-10-8-6-4-2/h16,18,22,24,53,56H,3-15,17,19-21,23,25-52H2,1-2H3/b18-16-,24-22-. The minimum absolute atomic E-state index is 0.0608. The first-order chi connectivity index (χ1) is 29.6. The van der Waals surface area contributed by atoms with Gasteiger partial charge in [-0.2, -0.15) is 0 Å². The van der Waals surface area contributed by atoms with Crippen molar-refractivity contribution in [2.24, 2.45) is 0 Å². The Morgan fingerprint density at radius 1 is 0.383 bits per heavy atom. The van der Waals surface area contributed by atoms with Crippen molar-refractivity contribution in [1.29, 1.82) is 0 Å². The van der Waals surface area contributed by atoms with E-state index in [2.05, 4.69) is 38.2 Å². The fraction of sp³-hybridized carbons (Fsp3) is 0.891. The van der Waals surface area contributed by atoms with E-state index in [1.54, 1.807) is 0 Å². The maximum Gasteiger partial charge on any atom is 0.306 e. The van der Waals surface area contributed by atoms with Crippen LogP contribution in [0.2, 0.25) is 0 Å². The third kappa shape index (κ3) is 49.0. The Bertz CT molecular complexity index is 913. The van der Waals surface area contributed by atoms with Gasteiger partial charge in [-0.1, -0.05) is 263 Å². The summed E-state index contributed by atoms with van der Waals surface area (Å²) < 4.78 is 10.7. The number of esters is 2. The van der Waals surface area contributed by atoms with Gasteiger partial charge in [-0.3, -0.25) is 9.59 Å². The second-order valence-corrected chi connectivity index (χ2v) is 18.3. The molecular weight excluding hydrogens is 741 g/mol. The fourth-order valence-electron chi connectivity index (χ4n) is 8.18. The zero-order chi connectivity index (χ0) is 43.5. The van der Waals surface area contributed by atoms with Crippen molar-refractivity contribution in [3.63, 3.8) is 0 Å². The molecule has 1 unspecified atom stereocenters. The maximum atomic E-state index is 12.3. The summed E-state index contributed by atoms with van der Waals surface area (Å²) in [6.07, 6.45) is 64.2. The number of aliphatic hydroxyl groups excluding tert-OH is 1. The summed E-state index contributed by atoms with van der Waals surface area (Å²) in [4.78, 5) is 24.5. The molecule has 5 nitrogen and oxygen atoms in total. The van der Waals surface area contributed by atoms with E-state index in [1.807, 2.05) is 0 Å². The van der Waals surface area contributed by atoms with Gasteiger partial charge in [-0.05, 0) is 44.9 Å². The summed E-state index contributed by atoms with van der Waals surface area (Å²) in [6.45, 7) is 4.18. The molecule has 0 radical (unpaired) electrons. The minimum atomic E-state index is -0.769. The number of hydrogen-bond donors (Lipinski definition) is 1. The molecular formula is C55H104O5. The van der Waals surface area contributed by atoms with Crippen LogP contribution < -0.4 is 0 Å². The van der Waals surface area contributed by atoms with Gasteiger partial charge >= 0.3 is 11.9 Å². The summed E-state index contributed by atoms with van der Waals surface area (Å²) >= 11 is 0. The fourth-order valence-corrected chi connectivity index (χ4v) is 8.18. The van der Waals surface area contributed by atoms with Gasteiger partial charge in [-0.15, -0.1) is 0 Å². The molecule has 0 aromatic heterocycles. The van der Waals surface area contributed by atoms with E-state index in [0.717, 1.165) is 38.5 Å². The van der Waals surface area contributed by atoms with Gasteiger partial charge in [0.25, 0.3) is 0 Å². The number of hydrogen-bond acceptors (Lipinski definition) is 5. The van der Waals surface area contributed by atoms with E-state index in [4.69, 9.17) is 9.47 Å². The van der Waals surface area contributed by atoms with Crippen molar-refractivity contribution in [2.75, 3.05) is 13.2 Å². The molecule has 0 aromatic carbocycles. The van der Waals surface area contributed by atoms with Crippen molar-refractivity contribution < 1.29 is 24.2 Å². The van der Waals surface area contributed by atoms with E-state index in [9.17, 15) is 14.7 Å². The molecule has 0 rings (SSSR count). The highest BCUT2D eigenvalue weighted by molar-refractivity contribution is 5.70. The van der Waals surface area contributed by atoms with Crippen LogP contribution in [0.4, 0.5) is 0 Å². The molecule has 0 saturated heterocycles. The van der Waals surface area contributed by atoms with E-state index in [1.165, 1.54) is 231 Å². The molecule has 0 bridgehead atoms. The first-order valence-corrected chi connectivity index (χ1v) is 26.9. The second-order valence-electron chi connectivity index (χ2n) is 18.3.